The molecule has 0 aliphatic carbocycles. The van der Waals surface area contributed by atoms with Gasteiger partial charge in [-0.1, -0.05) is 36.8 Å². The summed E-state index contributed by atoms with van der Waals surface area (Å²) in [6.07, 6.45) is 0. The quantitative estimate of drug-likeness (QED) is 0.723. The van der Waals surface area contributed by atoms with E-state index in [2.05, 4.69) is 65.1 Å². The van der Waals surface area contributed by atoms with Crippen molar-refractivity contribution in [3.05, 3.63) is 59.2 Å². The highest BCUT2D eigenvalue weighted by Gasteiger charge is 2.26. The van der Waals surface area contributed by atoms with Crippen molar-refractivity contribution in [2.45, 2.75) is 33.4 Å². The van der Waals surface area contributed by atoms with Gasteiger partial charge in [0, 0.05) is 51.4 Å². The smallest absolute Gasteiger partial charge is 0.251 e. The predicted octanol–water partition coefficient (Wildman–Crippen LogP) is 3.15. The van der Waals surface area contributed by atoms with Gasteiger partial charge < -0.3 is 19.9 Å². The number of likely N-dealkylation sites (N-methyl/N-ethyl adjacent to an activating group) is 1. The average Bonchev–Trinajstić information content (AvgIpc) is 2.81. The van der Waals surface area contributed by atoms with Crippen LogP contribution in [0.4, 0.5) is 5.69 Å². The Morgan fingerprint density at radius 3 is 2.62 bits per heavy atom. The van der Waals surface area contributed by atoms with Gasteiger partial charge in [-0.15, -0.1) is 0 Å². The highest BCUT2D eigenvalue weighted by molar-refractivity contribution is 5.95. The van der Waals surface area contributed by atoms with Gasteiger partial charge in [0.15, 0.2) is 0 Å². The minimum atomic E-state index is -0.0197. The normalized spacial score (nSPS) is 19.3. The number of carbonyl (C=O) groups is 1. The number of hydrogen-bond donors (Lipinski definition) is 1. The summed E-state index contributed by atoms with van der Waals surface area (Å²) in [5, 5.41) is 3.11. The summed E-state index contributed by atoms with van der Waals surface area (Å²) in [7, 11) is 0. The molecule has 1 saturated heterocycles. The Morgan fingerprint density at radius 1 is 1.09 bits per heavy atom. The van der Waals surface area contributed by atoms with Crippen molar-refractivity contribution in [2.75, 3.05) is 57.3 Å². The van der Waals surface area contributed by atoms with E-state index in [1.165, 1.54) is 11.1 Å². The van der Waals surface area contributed by atoms with Crippen LogP contribution >= 0.6 is 0 Å². The zero-order chi connectivity index (χ0) is 22.5. The number of amides is 1. The van der Waals surface area contributed by atoms with Gasteiger partial charge in [0.25, 0.3) is 5.91 Å². The van der Waals surface area contributed by atoms with Crippen molar-refractivity contribution < 1.29 is 9.53 Å². The molecule has 2 aromatic rings. The molecule has 1 unspecified atom stereocenters. The number of fused-ring (bicyclic) bond motifs is 1. The van der Waals surface area contributed by atoms with Gasteiger partial charge in [-0.2, -0.15) is 0 Å². The predicted molar refractivity (Wildman–Crippen MR) is 130 cm³/mol. The van der Waals surface area contributed by atoms with Crippen LogP contribution < -0.4 is 15.0 Å². The lowest BCUT2D eigenvalue weighted by atomic mass is 10.1. The van der Waals surface area contributed by atoms with Crippen molar-refractivity contribution in [2.24, 2.45) is 0 Å². The molecule has 1 atom stereocenters. The Hall–Kier alpha value is -2.57. The third-order valence-electron chi connectivity index (χ3n) is 6.60. The van der Waals surface area contributed by atoms with E-state index < -0.39 is 0 Å². The van der Waals surface area contributed by atoms with Crippen LogP contribution in [0.1, 0.15) is 35.3 Å². The van der Waals surface area contributed by atoms with Crippen molar-refractivity contribution in [1.29, 1.82) is 0 Å². The minimum Gasteiger partial charge on any atom is -0.489 e. The lowest BCUT2D eigenvalue weighted by Crippen LogP contribution is -2.48. The van der Waals surface area contributed by atoms with Gasteiger partial charge in [0.2, 0.25) is 0 Å². The molecule has 2 aliphatic heterocycles. The summed E-state index contributed by atoms with van der Waals surface area (Å²) in [5.41, 5.74) is 4.20. The molecule has 0 saturated carbocycles. The van der Waals surface area contributed by atoms with Crippen LogP contribution in [-0.2, 0) is 6.54 Å². The van der Waals surface area contributed by atoms with E-state index in [1.54, 1.807) is 0 Å². The fraction of sp³-hybridized carbons (Fsp3) is 0.500. The Bertz CT molecular complexity index is 924. The number of carbonyl (C=O) groups excluding carboxylic acids is 1. The molecule has 0 radical (unpaired) electrons. The van der Waals surface area contributed by atoms with E-state index in [1.807, 2.05) is 18.2 Å². The molecule has 172 valence electrons. The number of nitrogens with zero attached hydrogens (tertiary/aromatic N) is 3. The first-order valence-corrected chi connectivity index (χ1v) is 11.9. The van der Waals surface area contributed by atoms with Crippen LogP contribution in [0.15, 0.2) is 42.5 Å². The largest absolute Gasteiger partial charge is 0.489 e. The summed E-state index contributed by atoms with van der Waals surface area (Å²) in [6.45, 7) is 15.0. The van der Waals surface area contributed by atoms with Crippen LogP contribution in [0.2, 0.25) is 0 Å². The molecule has 0 aromatic heterocycles. The van der Waals surface area contributed by atoms with Gasteiger partial charge in [-0.25, -0.2) is 0 Å². The molecular weight excluding hydrogens is 400 g/mol. The number of benzene rings is 2. The summed E-state index contributed by atoms with van der Waals surface area (Å²) in [6, 6.07) is 14.6. The van der Waals surface area contributed by atoms with E-state index in [-0.39, 0.29) is 11.9 Å². The number of anilines is 1. The zero-order valence-electron chi connectivity index (χ0n) is 19.6. The second kappa shape index (κ2) is 10.4. The van der Waals surface area contributed by atoms with Crippen molar-refractivity contribution in [3.63, 3.8) is 0 Å². The maximum atomic E-state index is 12.9. The highest BCUT2D eigenvalue weighted by atomic mass is 16.5. The molecule has 0 bridgehead atoms. The van der Waals surface area contributed by atoms with E-state index in [0.717, 1.165) is 57.3 Å². The van der Waals surface area contributed by atoms with E-state index in [4.69, 9.17) is 4.74 Å². The Labute approximate surface area is 192 Å². The van der Waals surface area contributed by atoms with E-state index >= 15 is 0 Å². The first-order chi connectivity index (χ1) is 15.5. The molecule has 1 fully saturated rings. The molecule has 4 rings (SSSR count). The number of nitrogens with one attached hydrogen (secondary N) is 1. The number of hydrogen-bond acceptors (Lipinski definition) is 5. The van der Waals surface area contributed by atoms with E-state index in [9.17, 15) is 4.79 Å². The third kappa shape index (κ3) is 5.43. The summed E-state index contributed by atoms with van der Waals surface area (Å²) in [4.78, 5) is 20.1. The monoisotopic (exact) mass is 436 g/mol. The Balaban J connectivity index is 1.39. The van der Waals surface area contributed by atoms with Crippen LogP contribution in [0.25, 0.3) is 0 Å². The minimum absolute atomic E-state index is 0.0197. The van der Waals surface area contributed by atoms with Gasteiger partial charge in [-0.3, -0.25) is 9.69 Å². The van der Waals surface area contributed by atoms with Crippen LogP contribution in [-0.4, -0.2) is 74.2 Å². The Morgan fingerprint density at radius 2 is 1.88 bits per heavy atom. The highest BCUT2D eigenvalue weighted by Crippen LogP contribution is 2.35. The molecule has 2 heterocycles. The molecule has 6 nitrogen and oxygen atoms in total. The van der Waals surface area contributed by atoms with Gasteiger partial charge in [0.1, 0.15) is 12.4 Å². The van der Waals surface area contributed by atoms with Gasteiger partial charge in [0.05, 0.1) is 11.7 Å². The molecular formula is C26H36N4O2. The molecule has 32 heavy (non-hydrogen) atoms. The topological polar surface area (TPSA) is 48.0 Å². The van der Waals surface area contributed by atoms with Crippen LogP contribution in [0.3, 0.4) is 0 Å². The lowest BCUT2D eigenvalue weighted by Gasteiger charge is -2.37. The fourth-order valence-electron chi connectivity index (χ4n) is 4.55. The second-order valence-corrected chi connectivity index (χ2v) is 8.99. The maximum absolute atomic E-state index is 12.9. The molecule has 1 N–H and O–H groups in total. The standard InChI is InChI=1S/C26H36N4O2/c1-4-28-12-14-29(15-13-28)11-10-27-26(31)23-8-9-25-24(17-23)30(21(3)19-32-25)18-22-7-5-6-20(2)16-22/h5-9,16-17,21H,4,10-15,18-19H2,1-3H3,(H,27,31). The SMILES string of the molecule is CCN1CCN(CCNC(=O)c2ccc3c(c2)N(Cc2cccc(C)c2)C(C)CO3)CC1. The second-order valence-electron chi connectivity index (χ2n) is 8.99. The van der Waals surface area contributed by atoms with Crippen LogP contribution in [0, 0.1) is 6.92 Å². The summed E-state index contributed by atoms with van der Waals surface area (Å²) < 4.78 is 5.96. The number of rotatable bonds is 7. The van der Waals surface area contributed by atoms with E-state index in [0.29, 0.717) is 18.7 Å². The molecule has 2 aliphatic rings. The van der Waals surface area contributed by atoms with Gasteiger partial charge in [-0.05, 0) is 44.2 Å². The number of aryl methyl sites for hydroxylation is 1. The molecule has 1 amide bonds. The lowest BCUT2D eigenvalue weighted by molar-refractivity contribution is 0.0937. The summed E-state index contributed by atoms with van der Waals surface area (Å²) in [5.74, 6) is 0.829. The fourth-order valence-corrected chi connectivity index (χ4v) is 4.55. The first-order valence-electron chi connectivity index (χ1n) is 11.9. The van der Waals surface area contributed by atoms with Crippen molar-refractivity contribution >= 4 is 11.6 Å². The first kappa shape index (κ1) is 22.6. The van der Waals surface area contributed by atoms with Crippen molar-refractivity contribution in [3.8, 4) is 5.75 Å². The number of ether oxygens (including phenoxy) is 1. The average molecular weight is 437 g/mol. The maximum Gasteiger partial charge on any atom is 0.251 e. The van der Waals surface area contributed by atoms with Gasteiger partial charge >= 0.3 is 0 Å². The zero-order valence-corrected chi connectivity index (χ0v) is 19.6. The van der Waals surface area contributed by atoms with Crippen LogP contribution in [0.5, 0.6) is 5.75 Å². The molecule has 0 spiro atoms. The van der Waals surface area contributed by atoms with Crippen molar-refractivity contribution in [1.82, 2.24) is 15.1 Å². The summed E-state index contributed by atoms with van der Waals surface area (Å²) >= 11 is 0. The Kier molecular flexibility index (Phi) is 7.33. The number of piperazine rings is 1. The molecule has 2 aromatic carbocycles. The molecule has 6 heteroatoms. The third-order valence-corrected chi connectivity index (χ3v) is 6.60.